The van der Waals surface area contributed by atoms with E-state index in [0.717, 1.165) is 25.0 Å². The quantitative estimate of drug-likeness (QED) is 0.102. The Morgan fingerprint density at radius 3 is 2.04 bits per heavy atom. The van der Waals surface area contributed by atoms with Crippen LogP contribution in [0.25, 0.3) is 0 Å². The number of rotatable bonds is 19. The first kappa shape index (κ1) is 23.1. The summed E-state index contributed by atoms with van der Waals surface area (Å²) in [6, 6.07) is 0. The van der Waals surface area contributed by atoms with Crippen molar-refractivity contribution in [2.75, 3.05) is 25.3 Å². The molecule has 0 unspecified atom stereocenters. The number of hydrogen-bond acceptors (Lipinski definition) is 2. The van der Waals surface area contributed by atoms with E-state index in [9.17, 15) is 0 Å². The molecule has 0 spiro atoms. The zero-order valence-corrected chi connectivity index (χ0v) is 17.0. The lowest BCUT2D eigenvalue weighted by Crippen LogP contribution is -2.02. The third-order valence-corrected chi connectivity index (χ3v) is 4.47. The summed E-state index contributed by atoms with van der Waals surface area (Å²) in [7, 11) is 0. The zero-order chi connectivity index (χ0) is 16.8. The van der Waals surface area contributed by atoms with Crippen LogP contribution in [0.15, 0.2) is 12.2 Å². The van der Waals surface area contributed by atoms with E-state index in [1.54, 1.807) is 0 Å². The standard InChI is InChI=1S/C20H39BrO2/c1-2-3-4-12-15-18-22-20-23-19-16-13-10-8-6-5-7-9-11-14-17-21/h10,13H,2-9,11-12,14-20H2,1H3. The summed E-state index contributed by atoms with van der Waals surface area (Å²) in [6.45, 7) is 4.32. The smallest absolute Gasteiger partial charge is 0.146 e. The van der Waals surface area contributed by atoms with Crippen LogP contribution in [-0.4, -0.2) is 25.3 Å². The lowest BCUT2D eigenvalue weighted by molar-refractivity contribution is -0.0531. The van der Waals surface area contributed by atoms with Crippen molar-refractivity contribution in [3.05, 3.63) is 12.2 Å². The highest BCUT2D eigenvalue weighted by molar-refractivity contribution is 9.09. The minimum atomic E-state index is 0.454. The summed E-state index contributed by atoms with van der Waals surface area (Å²) < 4.78 is 10.9. The van der Waals surface area contributed by atoms with E-state index in [1.165, 1.54) is 77.0 Å². The molecular weight excluding hydrogens is 352 g/mol. The lowest BCUT2D eigenvalue weighted by atomic mass is 10.1. The van der Waals surface area contributed by atoms with E-state index in [0.29, 0.717) is 6.79 Å². The van der Waals surface area contributed by atoms with Crippen LogP contribution in [-0.2, 0) is 9.47 Å². The Morgan fingerprint density at radius 1 is 0.652 bits per heavy atom. The van der Waals surface area contributed by atoms with Gasteiger partial charge in [0.25, 0.3) is 0 Å². The first-order valence-corrected chi connectivity index (χ1v) is 10.9. The molecular formula is C20H39BrO2. The van der Waals surface area contributed by atoms with Crippen molar-refractivity contribution in [2.24, 2.45) is 0 Å². The van der Waals surface area contributed by atoms with Crippen LogP contribution >= 0.6 is 15.9 Å². The van der Waals surface area contributed by atoms with Gasteiger partial charge in [-0.2, -0.15) is 0 Å². The highest BCUT2D eigenvalue weighted by atomic mass is 79.9. The molecule has 0 heterocycles. The number of halogens is 1. The van der Waals surface area contributed by atoms with E-state index >= 15 is 0 Å². The van der Waals surface area contributed by atoms with Crippen LogP contribution in [0.5, 0.6) is 0 Å². The molecule has 3 heteroatoms. The molecule has 0 aliphatic rings. The highest BCUT2D eigenvalue weighted by Crippen LogP contribution is 2.08. The molecule has 138 valence electrons. The van der Waals surface area contributed by atoms with Crippen LogP contribution < -0.4 is 0 Å². The second-order valence-electron chi connectivity index (χ2n) is 6.21. The summed E-state index contributed by atoms with van der Waals surface area (Å²) in [5.41, 5.74) is 0. The number of allylic oxidation sites excluding steroid dienone is 1. The van der Waals surface area contributed by atoms with E-state index in [2.05, 4.69) is 35.0 Å². The monoisotopic (exact) mass is 390 g/mol. The van der Waals surface area contributed by atoms with E-state index in [1.807, 2.05) is 0 Å². The Bertz CT molecular complexity index is 232. The van der Waals surface area contributed by atoms with Crippen molar-refractivity contribution in [1.29, 1.82) is 0 Å². The maximum absolute atomic E-state index is 5.47. The fourth-order valence-corrected chi connectivity index (χ4v) is 2.83. The topological polar surface area (TPSA) is 18.5 Å². The average Bonchev–Trinajstić information content (AvgIpc) is 2.57. The van der Waals surface area contributed by atoms with Gasteiger partial charge < -0.3 is 9.47 Å². The predicted molar refractivity (Wildman–Crippen MR) is 105 cm³/mol. The minimum Gasteiger partial charge on any atom is -0.355 e. The third kappa shape index (κ3) is 22.1. The molecule has 0 radical (unpaired) electrons. The number of hydrogen-bond donors (Lipinski definition) is 0. The molecule has 2 nitrogen and oxygen atoms in total. The fraction of sp³-hybridized carbons (Fsp3) is 0.900. The molecule has 0 saturated heterocycles. The number of unbranched alkanes of at least 4 members (excludes halogenated alkanes) is 10. The molecule has 0 rings (SSSR count). The van der Waals surface area contributed by atoms with Crippen molar-refractivity contribution in [2.45, 2.75) is 90.4 Å². The van der Waals surface area contributed by atoms with E-state index in [4.69, 9.17) is 9.47 Å². The third-order valence-electron chi connectivity index (χ3n) is 3.91. The highest BCUT2D eigenvalue weighted by Gasteiger charge is 1.91. The first-order chi connectivity index (χ1) is 11.4. The van der Waals surface area contributed by atoms with Crippen molar-refractivity contribution < 1.29 is 9.47 Å². The second kappa shape index (κ2) is 22.1. The summed E-state index contributed by atoms with van der Waals surface area (Å²) in [5, 5.41) is 1.15. The van der Waals surface area contributed by atoms with Crippen LogP contribution in [0.4, 0.5) is 0 Å². The molecule has 0 atom stereocenters. The Morgan fingerprint density at radius 2 is 1.26 bits per heavy atom. The molecule has 0 N–H and O–H groups in total. The molecule has 0 aromatic heterocycles. The first-order valence-electron chi connectivity index (χ1n) is 9.78. The SMILES string of the molecule is CCCCCCCOCOCCC=CCCCCCCCCBr. The molecule has 0 fully saturated rings. The van der Waals surface area contributed by atoms with Gasteiger partial charge in [0, 0.05) is 11.9 Å². The molecule has 0 aromatic rings. The van der Waals surface area contributed by atoms with Crippen molar-refractivity contribution in [3.63, 3.8) is 0 Å². The van der Waals surface area contributed by atoms with Crippen LogP contribution in [0.1, 0.15) is 90.4 Å². The summed E-state index contributed by atoms with van der Waals surface area (Å²) in [5.74, 6) is 0. The fourth-order valence-electron chi connectivity index (χ4n) is 2.44. The Hall–Kier alpha value is 0.140. The van der Waals surface area contributed by atoms with Gasteiger partial charge in [-0.25, -0.2) is 0 Å². The zero-order valence-electron chi connectivity index (χ0n) is 15.4. The van der Waals surface area contributed by atoms with Gasteiger partial charge in [0.15, 0.2) is 0 Å². The van der Waals surface area contributed by atoms with E-state index < -0.39 is 0 Å². The summed E-state index contributed by atoms with van der Waals surface area (Å²) >= 11 is 3.47. The predicted octanol–water partition coefficient (Wildman–Crippen LogP) is 7.02. The van der Waals surface area contributed by atoms with Gasteiger partial charge in [-0.3, -0.25) is 0 Å². The lowest BCUT2D eigenvalue weighted by Gasteiger charge is -2.04. The summed E-state index contributed by atoms with van der Waals surface area (Å²) in [6.07, 6.45) is 21.4. The van der Waals surface area contributed by atoms with Gasteiger partial charge in [-0.05, 0) is 32.1 Å². The second-order valence-corrected chi connectivity index (χ2v) is 7.00. The molecule has 0 aliphatic carbocycles. The Balaban J connectivity index is 3.03. The molecule has 23 heavy (non-hydrogen) atoms. The van der Waals surface area contributed by atoms with Crippen LogP contribution in [0, 0.1) is 0 Å². The molecule has 0 amide bonds. The van der Waals surface area contributed by atoms with Crippen molar-refractivity contribution >= 4 is 15.9 Å². The van der Waals surface area contributed by atoms with E-state index in [-0.39, 0.29) is 0 Å². The molecule has 0 saturated carbocycles. The maximum Gasteiger partial charge on any atom is 0.146 e. The normalized spacial score (nSPS) is 11.6. The van der Waals surface area contributed by atoms with Crippen LogP contribution in [0.3, 0.4) is 0 Å². The van der Waals surface area contributed by atoms with Gasteiger partial charge in [0.05, 0.1) is 6.61 Å². The number of ether oxygens (including phenoxy) is 2. The van der Waals surface area contributed by atoms with Gasteiger partial charge in [-0.15, -0.1) is 0 Å². The van der Waals surface area contributed by atoms with Crippen LogP contribution in [0.2, 0.25) is 0 Å². The van der Waals surface area contributed by atoms with Crippen molar-refractivity contribution in [3.8, 4) is 0 Å². The molecule has 0 aromatic carbocycles. The molecule has 0 bridgehead atoms. The van der Waals surface area contributed by atoms with Gasteiger partial charge >= 0.3 is 0 Å². The van der Waals surface area contributed by atoms with Gasteiger partial charge in [0.1, 0.15) is 6.79 Å². The largest absolute Gasteiger partial charge is 0.355 e. The Labute approximate surface area is 153 Å². The van der Waals surface area contributed by atoms with Crippen molar-refractivity contribution in [1.82, 2.24) is 0 Å². The maximum atomic E-state index is 5.47. The van der Waals surface area contributed by atoms with Gasteiger partial charge in [0.2, 0.25) is 0 Å². The minimum absolute atomic E-state index is 0.454. The Kier molecular flexibility index (Phi) is 22.3. The summed E-state index contributed by atoms with van der Waals surface area (Å²) in [4.78, 5) is 0. The van der Waals surface area contributed by atoms with Gasteiger partial charge in [-0.1, -0.05) is 86.4 Å². The molecule has 0 aliphatic heterocycles. The average molecular weight is 391 g/mol. The number of alkyl halides is 1.